The first-order valence-electron chi connectivity index (χ1n) is 10.6. The molecule has 6 nitrogen and oxygen atoms in total. The second kappa shape index (κ2) is 11.8. The molecule has 0 spiro atoms. The van der Waals surface area contributed by atoms with Crippen LogP contribution in [0.4, 0.5) is 0 Å². The molecule has 30 heavy (non-hydrogen) atoms. The quantitative estimate of drug-likeness (QED) is 0.590. The smallest absolute Gasteiger partial charge is 0.252 e. The Morgan fingerprint density at radius 1 is 1.20 bits per heavy atom. The minimum Gasteiger partial charge on any atom is -0.379 e. The maximum absolute atomic E-state index is 13.1. The molecule has 2 amide bonds. The summed E-state index contributed by atoms with van der Waals surface area (Å²) in [7, 11) is 0. The van der Waals surface area contributed by atoms with Crippen molar-refractivity contribution in [3.8, 4) is 0 Å². The number of thiophene rings is 1. The zero-order valence-electron chi connectivity index (χ0n) is 17.6. The molecular weight excluding hydrogens is 398 g/mol. The molecule has 0 aliphatic carbocycles. The van der Waals surface area contributed by atoms with Gasteiger partial charge in [-0.25, -0.2) is 0 Å². The molecule has 2 aromatic rings. The average Bonchev–Trinajstić information content (AvgIpc) is 3.31. The van der Waals surface area contributed by atoms with Gasteiger partial charge < -0.3 is 15.0 Å². The van der Waals surface area contributed by atoms with Gasteiger partial charge in [0.15, 0.2) is 0 Å². The van der Waals surface area contributed by atoms with E-state index in [4.69, 9.17) is 4.74 Å². The van der Waals surface area contributed by atoms with Crippen LogP contribution in [0.2, 0.25) is 0 Å². The number of amides is 2. The molecular formula is C23H31N3O3S. The minimum absolute atomic E-state index is 0.0782. The lowest BCUT2D eigenvalue weighted by atomic mass is 10.1. The molecule has 1 aromatic heterocycles. The van der Waals surface area contributed by atoms with Crippen LogP contribution in [0.15, 0.2) is 47.2 Å². The molecule has 162 valence electrons. The Hall–Kier alpha value is -2.22. The number of morpholine rings is 1. The lowest BCUT2D eigenvalue weighted by Crippen LogP contribution is -2.48. The molecule has 1 aliphatic heterocycles. The zero-order valence-corrected chi connectivity index (χ0v) is 18.4. The van der Waals surface area contributed by atoms with Crippen molar-refractivity contribution >= 4 is 23.2 Å². The van der Waals surface area contributed by atoms with E-state index in [2.05, 4.69) is 29.3 Å². The van der Waals surface area contributed by atoms with Crippen molar-refractivity contribution in [3.05, 3.63) is 58.3 Å². The number of carbonyl (C=O) groups is 2. The Balaban J connectivity index is 1.53. The number of ether oxygens (including phenoxy) is 1. The lowest BCUT2D eigenvalue weighted by molar-refractivity contribution is -0.134. The van der Waals surface area contributed by atoms with Gasteiger partial charge in [-0.1, -0.05) is 30.3 Å². The Labute approximate surface area is 182 Å². The number of nitrogens with zero attached hydrogens (tertiary/aromatic N) is 2. The van der Waals surface area contributed by atoms with E-state index >= 15 is 0 Å². The van der Waals surface area contributed by atoms with Crippen LogP contribution in [0.25, 0.3) is 0 Å². The van der Waals surface area contributed by atoms with Gasteiger partial charge in [0.2, 0.25) is 5.91 Å². The highest BCUT2D eigenvalue weighted by atomic mass is 32.1. The Bertz CT molecular complexity index is 776. The standard InChI is InChI=1S/C23H31N3O3S/c1-19(16-25-11-13-29-14-12-25)26(17-20-6-3-2-4-7-20)22(27)8-5-10-24-23(28)21-9-15-30-18-21/h2-4,6-7,9,15,18-19H,5,8,10-14,16-17H2,1H3,(H,24,28). The summed E-state index contributed by atoms with van der Waals surface area (Å²) in [6, 6.07) is 12.0. The first-order chi connectivity index (χ1) is 14.6. The van der Waals surface area contributed by atoms with Gasteiger partial charge >= 0.3 is 0 Å². The Kier molecular flexibility index (Phi) is 8.86. The van der Waals surface area contributed by atoms with Crippen LogP contribution in [0.5, 0.6) is 0 Å². The van der Waals surface area contributed by atoms with Crippen molar-refractivity contribution in [2.24, 2.45) is 0 Å². The fourth-order valence-corrected chi connectivity index (χ4v) is 4.24. The number of carbonyl (C=O) groups excluding carboxylic acids is 2. The molecule has 1 unspecified atom stereocenters. The highest BCUT2D eigenvalue weighted by Crippen LogP contribution is 2.13. The summed E-state index contributed by atoms with van der Waals surface area (Å²) in [4.78, 5) is 29.5. The number of rotatable bonds is 10. The lowest BCUT2D eigenvalue weighted by Gasteiger charge is -2.35. The van der Waals surface area contributed by atoms with E-state index in [-0.39, 0.29) is 17.9 Å². The Morgan fingerprint density at radius 3 is 2.67 bits per heavy atom. The van der Waals surface area contributed by atoms with Crippen LogP contribution in [0, 0.1) is 0 Å². The normalized spacial score (nSPS) is 15.5. The van der Waals surface area contributed by atoms with Gasteiger partial charge in [0.25, 0.3) is 5.91 Å². The monoisotopic (exact) mass is 429 g/mol. The predicted molar refractivity (Wildman–Crippen MR) is 120 cm³/mol. The fraction of sp³-hybridized carbons (Fsp3) is 0.478. The van der Waals surface area contributed by atoms with E-state index in [0.29, 0.717) is 31.5 Å². The summed E-state index contributed by atoms with van der Waals surface area (Å²) in [6.07, 6.45) is 1.05. The van der Waals surface area contributed by atoms with Crippen molar-refractivity contribution in [2.75, 3.05) is 39.4 Å². The Morgan fingerprint density at radius 2 is 1.97 bits per heavy atom. The molecule has 2 heterocycles. The highest BCUT2D eigenvalue weighted by molar-refractivity contribution is 7.08. The van der Waals surface area contributed by atoms with E-state index in [1.807, 2.05) is 33.9 Å². The number of benzene rings is 1. The molecule has 1 fully saturated rings. The van der Waals surface area contributed by atoms with Crippen LogP contribution in [0.1, 0.15) is 35.7 Å². The number of nitrogens with one attached hydrogen (secondary N) is 1. The summed E-state index contributed by atoms with van der Waals surface area (Å²) < 4.78 is 5.44. The fourth-order valence-electron chi connectivity index (χ4n) is 3.61. The summed E-state index contributed by atoms with van der Waals surface area (Å²) in [6.45, 7) is 7.39. The minimum atomic E-state index is -0.0782. The molecule has 0 bridgehead atoms. The molecule has 3 rings (SSSR count). The van der Waals surface area contributed by atoms with Gasteiger partial charge in [-0.05, 0) is 30.4 Å². The topological polar surface area (TPSA) is 61.9 Å². The summed E-state index contributed by atoms with van der Waals surface area (Å²) >= 11 is 1.50. The summed E-state index contributed by atoms with van der Waals surface area (Å²) in [5.74, 6) is 0.0509. The van der Waals surface area contributed by atoms with E-state index in [1.54, 1.807) is 6.07 Å². The summed E-state index contributed by atoms with van der Waals surface area (Å²) in [5.41, 5.74) is 1.81. The van der Waals surface area contributed by atoms with E-state index in [9.17, 15) is 9.59 Å². The SMILES string of the molecule is CC(CN1CCOCC1)N(Cc1ccccc1)C(=O)CCCNC(=O)c1ccsc1. The van der Waals surface area contributed by atoms with Crippen LogP contribution >= 0.6 is 11.3 Å². The van der Waals surface area contributed by atoms with Crippen LogP contribution in [-0.2, 0) is 16.1 Å². The van der Waals surface area contributed by atoms with E-state index < -0.39 is 0 Å². The third kappa shape index (κ3) is 6.93. The van der Waals surface area contributed by atoms with Crippen molar-refractivity contribution in [3.63, 3.8) is 0 Å². The van der Waals surface area contributed by atoms with Crippen molar-refractivity contribution in [1.29, 1.82) is 0 Å². The van der Waals surface area contributed by atoms with Crippen LogP contribution in [0.3, 0.4) is 0 Å². The summed E-state index contributed by atoms with van der Waals surface area (Å²) in [5, 5.41) is 6.61. The number of hydrogen-bond donors (Lipinski definition) is 1. The average molecular weight is 430 g/mol. The third-order valence-corrected chi connectivity index (χ3v) is 5.99. The van der Waals surface area contributed by atoms with Gasteiger partial charge in [0, 0.05) is 56.1 Å². The molecule has 1 aliphatic rings. The van der Waals surface area contributed by atoms with Crippen LogP contribution in [-0.4, -0.2) is 67.0 Å². The molecule has 1 N–H and O–H groups in total. The zero-order chi connectivity index (χ0) is 21.2. The molecule has 7 heteroatoms. The first kappa shape index (κ1) is 22.5. The van der Waals surface area contributed by atoms with Gasteiger partial charge in [0.1, 0.15) is 0 Å². The highest BCUT2D eigenvalue weighted by Gasteiger charge is 2.23. The predicted octanol–water partition coefficient (Wildman–Crippen LogP) is 3.01. The molecule has 1 atom stereocenters. The largest absolute Gasteiger partial charge is 0.379 e. The van der Waals surface area contributed by atoms with Gasteiger partial charge in [-0.15, -0.1) is 0 Å². The first-order valence-corrected chi connectivity index (χ1v) is 11.5. The second-order valence-electron chi connectivity index (χ2n) is 7.64. The van der Waals surface area contributed by atoms with E-state index in [0.717, 1.165) is 38.4 Å². The molecule has 1 aromatic carbocycles. The molecule has 1 saturated heterocycles. The van der Waals surface area contributed by atoms with Gasteiger partial charge in [0.05, 0.1) is 13.2 Å². The maximum atomic E-state index is 13.1. The molecule has 0 saturated carbocycles. The van der Waals surface area contributed by atoms with E-state index in [1.165, 1.54) is 11.3 Å². The van der Waals surface area contributed by atoms with Crippen molar-refractivity contribution in [1.82, 2.24) is 15.1 Å². The van der Waals surface area contributed by atoms with Crippen molar-refractivity contribution in [2.45, 2.75) is 32.4 Å². The van der Waals surface area contributed by atoms with Crippen molar-refractivity contribution < 1.29 is 14.3 Å². The molecule has 0 radical (unpaired) electrons. The van der Waals surface area contributed by atoms with Gasteiger partial charge in [-0.3, -0.25) is 14.5 Å². The van der Waals surface area contributed by atoms with Gasteiger partial charge in [-0.2, -0.15) is 11.3 Å². The number of hydrogen-bond acceptors (Lipinski definition) is 5. The van der Waals surface area contributed by atoms with Crippen LogP contribution < -0.4 is 5.32 Å². The third-order valence-electron chi connectivity index (χ3n) is 5.31. The second-order valence-corrected chi connectivity index (χ2v) is 8.42. The maximum Gasteiger partial charge on any atom is 0.252 e.